The molecule has 2 atom stereocenters. The van der Waals surface area contributed by atoms with Crippen LogP contribution in [0.3, 0.4) is 0 Å². The SMILES string of the molecule is CCc1ccc2c(c1-c1ccc3ccccc3c1)C=C(c1occ3ccccc13)[CH]2[Zr]([Cl])([Cl])([CH]1C(c2occ3ccccc23)=Cc2c1ccc(CC)c2-c1ccc2ccccc2c1)=[Si](C)C. The summed E-state index contributed by atoms with van der Waals surface area (Å²) in [5.74, 6) is 1.70. The minimum atomic E-state index is -5.63. The van der Waals surface area contributed by atoms with Crippen LogP contribution in [0.15, 0.2) is 179 Å². The normalized spacial score (nSPS) is 16.0. The van der Waals surface area contributed by atoms with Crippen LogP contribution < -0.4 is 0 Å². The third-order valence-electron chi connectivity index (χ3n) is 15.0. The summed E-state index contributed by atoms with van der Waals surface area (Å²) in [5, 5.41) is 9.15. The number of aryl methyl sites for hydroxylation is 2. The Kier molecular flexibility index (Phi) is 10.0. The van der Waals surface area contributed by atoms with E-state index < -0.39 is 20.4 Å². The molecule has 0 radical (unpaired) electrons. The first-order valence-electron chi connectivity index (χ1n) is 23.2. The first-order valence-corrected chi connectivity index (χ1v) is 38.6. The van der Waals surface area contributed by atoms with Gasteiger partial charge in [0.25, 0.3) is 0 Å². The average molecular weight is 991 g/mol. The zero-order valence-corrected chi connectivity index (χ0v) is 42.4. The van der Waals surface area contributed by atoms with Crippen LogP contribution in [0.2, 0.25) is 13.1 Å². The van der Waals surface area contributed by atoms with Crippen LogP contribution in [0.25, 0.3) is 88.6 Å². The molecule has 0 bridgehead atoms. The maximum atomic E-state index is 9.28. The summed E-state index contributed by atoms with van der Waals surface area (Å²) in [6.07, 6.45) is 10.4. The van der Waals surface area contributed by atoms with Crippen molar-refractivity contribution in [3.63, 3.8) is 0 Å². The molecule has 0 amide bonds. The van der Waals surface area contributed by atoms with Gasteiger partial charge in [-0.1, -0.05) is 0 Å². The van der Waals surface area contributed by atoms with Crippen LogP contribution in [0.4, 0.5) is 0 Å². The zero-order valence-electron chi connectivity index (χ0n) is 37.5. The third kappa shape index (κ3) is 6.21. The Morgan fingerprint density at radius 1 is 0.470 bits per heavy atom. The monoisotopic (exact) mass is 988 g/mol. The van der Waals surface area contributed by atoms with Crippen LogP contribution in [0, 0.1) is 0 Å². The Morgan fingerprint density at radius 2 is 0.864 bits per heavy atom. The Bertz CT molecular complexity index is 3560. The molecule has 6 heteroatoms. The van der Waals surface area contributed by atoms with E-state index in [-0.39, 0.29) is 7.25 Å². The molecule has 2 nitrogen and oxygen atoms in total. The molecule has 0 saturated carbocycles. The molecule has 12 rings (SSSR count). The predicted molar refractivity (Wildman–Crippen MR) is 280 cm³/mol. The standard InChI is InChI=1S/2C29H21O.C2H6Si.2ClH.Zr/c2*1-2-19-11-13-22-16-25(29-26-10-6-5-9-24(26)18-30-29)17-27(22)28(19)23-14-12-20-7-3-4-8-21(20)15-23;1-3-2;;;/h2*3-18H,2H2,1H3;1-2H3;2*1H;/q;;;;;+2/p-2. The van der Waals surface area contributed by atoms with Gasteiger partial charge in [-0.2, -0.15) is 0 Å². The molecule has 2 aliphatic carbocycles. The molecular weight excluding hydrogens is 943 g/mol. The number of halogens is 2. The molecule has 322 valence electrons. The molecule has 2 aliphatic rings. The van der Waals surface area contributed by atoms with Crippen molar-refractivity contribution in [2.75, 3.05) is 0 Å². The van der Waals surface area contributed by atoms with Gasteiger partial charge in [-0.25, -0.2) is 0 Å². The van der Waals surface area contributed by atoms with E-state index in [0.717, 1.165) is 57.1 Å². The fourth-order valence-corrected chi connectivity index (χ4v) is 39.3. The molecular formula is C60H48Cl2O2SiZr. The summed E-state index contributed by atoms with van der Waals surface area (Å²) in [5.41, 5.74) is 12.9. The molecule has 8 aromatic carbocycles. The molecule has 2 unspecified atom stereocenters. The summed E-state index contributed by atoms with van der Waals surface area (Å²) in [6, 6.07) is 57.5. The van der Waals surface area contributed by atoms with Gasteiger partial charge in [0.2, 0.25) is 0 Å². The summed E-state index contributed by atoms with van der Waals surface area (Å²) in [6.45, 7) is 9.29. The van der Waals surface area contributed by atoms with Crippen molar-refractivity contribution in [2.24, 2.45) is 0 Å². The zero-order chi connectivity index (χ0) is 44.9. The first-order chi connectivity index (χ1) is 32.2. The van der Waals surface area contributed by atoms with Crippen molar-refractivity contribution in [3.8, 4) is 22.3 Å². The van der Waals surface area contributed by atoms with E-state index in [4.69, 9.17) is 8.83 Å². The number of rotatable bonds is 8. The molecule has 0 aliphatic heterocycles. The van der Waals surface area contributed by atoms with Gasteiger partial charge >= 0.3 is 397 Å². The van der Waals surface area contributed by atoms with Crippen molar-refractivity contribution >= 4 is 88.8 Å². The van der Waals surface area contributed by atoms with E-state index in [9.17, 15) is 17.0 Å². The summed E-state index contributed by atoms with van der Waals surface area (Å²) in [7, 11) is 18.6. The Morgan fingerprint density at radius 3 is 1.27 bits per heavy atom. The minimum absolute atomic E-state index is 0.302. The molecule has 0 N–H and O–H groups in total. The molecule has 2 aromatic heterocycles. The number of hydrogen-bond acceptors (Lipinski definition) is 2. The van der Waals surface area contributed by atoms with Gasteiger partial charge in [0.1, 0.15) is 0 Å². The number of hydrogen-bond donors (Lipinski definition) is 0. The van der Waals surface area contributed by atoms with Gasteiger partial charge in [-0.3, -0.25) is 0 Å². The van der Waals surface area contributed by atoms with Crippen LogP contribution in [0.1, 0.15) is 66.0 Å². The Balaban J connectivity index is 1.18. The van der Waals surface area contributed by atoms with Crippen LogP contribution >= 0.6 is 17.0 Å². The molecule has 0 saturated heterocycles. The first kappa shape index (κ1) is 41.9. The van der Waals surface area contributed by atoms with Crippen molar-refractivity contribution in [3.05, 3.63) is 215 Å². The fourth-order valence-electron chi connectivity index (χ4n) is 11.7. The van der Waals surface area contributed by atoms with Gasteiger partial charge in [0.05, 0.1) is 0 Å². The summed E-state index contributed by atoms with van der Waals surface area (Å²) < 4.78 is 13.0. The molecule has 10 aromatic rings. The van der Waals surface area contributed by atoms with E-state index in [1.807, 2.05) is 12.5 Å². The van der Waals surface area contributed by atoms with Crippen molar-refractivity contribution in [1.82, 2.24) is 0 Å². The van der Waals surface area contributed by atoms with E-state index in [2.05, 4.69) is 197 Å². The van der Waals surface area contributed by atoms with Crippen LogP contribution in [-0.4, -0.2) is 5.43 Å². The number of fused-ring (bicyclic) bond motifs is 6. The number of benzene rings is 8. The fraction of sp³-hybridized carbons (Fsp3) is 0.133. The van der Waals surface area contributed by atoms with Gasteiger partial charge in [-0.15, -0.1) is 0 Å². The van der Waals surface area contributed by atoms with Gasteiger partial charge < -0.3 is 0 Å². The summed E-state index contributed by atoms with van der Waals surface area (Å²) in [4.78, 5) is 0. The average Bonchev–Trinajstić information content (AvgIpc) is 4.16. The second kappa shape index (κ2) is 15.8. The van der Waals surface area contributed by atoms with Crippen molar-refractivity contribution in [1.29, 1.82) is 0 Å². The second-order valence-corrected chi connectivity index (χ2v) is 57.3. The van der Waals surface area contributed by atoms with Gasteiger partial charge in [0.15, 0.2) is 0 Å². The molecule has 66 heavy (non-hydrogen) atoms. The van der Waals surface area contributed by atoms with Crippen LogP contribution in [0.5, 0.6) is 0 Å². The number of furan rings is 2. The quantitative estimate of drug-likeness (QED) is 0.142. The molecule has 2 heterocycles. The second-order valence-electron chi connectivity index (χ2n) is 18.6. The van der Waals surface area contributed by atoms with E-state index in [1.54, 1.807) is 0 Å². The topological polar surface area (TPSA) is 26.3 Å². The van der Waals surface area contributed by atoms with Gasteiger partial charge in [0, 0.05) is 0 Å². The Labute approximate surface area is 394 Å². The third-order valence-corrected chi connectivity index (χ3v) is 61.2. The van der Waals surface area contributed by atoms with E-state index in [1.165, 1.54) is 77.2 Å². The van der Waals surface area contributed by atoms with Crippen molar-refractivity contribution in [2.45, 2.75) is 47.0 Å². The van der Waals surface area contributed by atoms with E-state index >= 15 is 0 Å². The molecule has 0 spiro atoms. The molecule has 0 fully saturated rings. The van der Waals surface area contributed by atoms with Gasteiger partial charge in [-0.05, 0) is 0 Å². The maximum absolute atomic E-state index is 9.28. The van der Waals surface area contributed by atoms with Crippen LogP contribution in [-0.2, 0) is 27.9 Å². The Hall–Kier alpha value is -5.48. The van der Waals surface area contributed by atoms with Crippen molar-refractivity contribution < 1.29 is 23.8 Å². The summed E-state index contributed by atoms with van der Waals surface area (Å²) >= 11 is -5.63. The number of allylic oxidation sites excluding steroid dienone is 2. The predicted octanol–water partition coefficient (Wildman–Crippen LogP) is 18.1. The van der Waals surface area contributed by atoms with E-state index in [0.29, 0.717) is 0 Å².